The highest BCUT2D eigenvalue weighted by atomic mass is 19.4. The molecule has 0 spiro atoms. The van der Waals surface area contributed by atoms with Crippen LogP contribution in [-0.2, 0) is 12.6 Å². The normalized spacial score (nSPS) is 10.4. The smallest absolute Gasteiger partial charge is 0.433 e. The Morgan fingerprint density at radius 1 is 1.25 bits per heavy atom. The van der Waals surface area contributed by atoms with Gasteiger partial charge in [-0.05, 0) is 12.5 Å². The van der Waals surface area contributed by atoms with Crippen LogP contribution in [0.3, 0.4) is 0 Å². The largest absolute Gasteiger partial charge is 0.481 e. The van der Waals surface area contributed by atoms with Gasteiger partial charge < -0.3 is 4.74 Å². The first-order valence-corrected chi connectivity index (χ1v) is 5.10. The Kier molecular flexibility index (Phi) is 5.85. The van der Waals surface area contributed by atoms with E-state index in [2.05, 4.69) is 4.98 Å². The third kappa shape index (κ3) is 3.72. The van der Waals surface area contributed by atoms with Gasteiger partial charge in [0, 0.05) is 5.56 Å². The summed E-state index contributed by atoms with van der Waals surface area (Å²) in [7, 11) is 1.31. The van der Waals surface area contributed by atoms with Gasteiger partial charge in [0.15, 0.2) is 0 Å². The number of hydrogen-bond donors (Lipinski definition) is 0. The first kappa shape index (κ1) is 14.7. The summed E-state index contributed by atoms with van der Waals surface area (Å²) >= 11 is 0. The summed E-state index contributed by atoms with van der Waals surface area (Å²) in [6.07, 6.45) is -3.83. The molecular formula is C11H16F3NO. The minimum atomic E-state index is -4.42. The second kappa shape index (κ2) is 6.35. The monoisotopic (exact) mass is 235 g/mol. The van der Waals surface area contributed by atoms with Crippen molar-refractivity contribution in [3.63, 3.8) is 0 Å². The molecule has 2 nitrogen and oxygen atoms in total. The van der Waals surface area contributed by atoms with E-state index in [0.29, 0.717) is 12.0 Å². The van der Waals surface area contributed by atoms with Crippen molar-refractivity contribution in [2.45, 2.75) is 33.4 Å². The third-order valence-electron chi connectivity index (χ3n) is 1.80. The highest BCUT2D eigenvalue weighted by Gasteiger charge is 2.33. The SMILES string of the molecule is CC.CCc1ccc(C(F)(F)F)nc1OC. The molecule has 0 radical (unpaired) electrons. The van der Waals surface area contributed by atoms with Crippen LogP contribution in [0.1, 0.15) is 32.0 Å². The average Bonchev–Trinajstić information content (AvgIpc) is 2.29. The summed E-state index contributed by atoms with van der Waals surface area (Å²) in [5.74, 6) is 0.0438. The van der Waals surface area contributed by atoms with Crippen LogP contribution < -0.4 is 4.74 Å². The second-order valence-corrected chi connectivity index (χ2v) is 2.72. The summed E-state index contributed by atoms with van der Waals surface area (Å²) in [6, 6.07) is 2.34. The van der Waals surface area contributed by atoms with Gasteiger partial charge >= 0.3 is 6.18 Å². The number of halogens is 3. The summed E-state index contributed by atoms with van der Waals surface area (Å²) < 4.78 is 41.4. The van der Waals surface area contributed by atoms with Crippen LogP contribution >= 0.6 is 0 Å². The molecule has 0 saturated heterocycles. The van der Waals surface area contributed by atoms with E-state index in [9.17, 15) is 13.2 Å². The molecule has 0 saturated carbocycles. The van der Waals surface area contributed by atoms with E-state index in [1.807, 2.05) is 20.8 Å². The van der Waals surface area contributed by atoms with Gasteiger partial charge in [-0.3, -0.25) is 0 Å². The molecule has 1 rings (SSSR count). The van der Waals surface area contributed by atoms with Crippen molar-refractivity contribution >= 4 is 0 Å². The van der Waals surface area contributed by atoms with Crippen molar-refractivity contribution in [3.8, 4) is 5.88 Å². The van der Waals surface area contributed by atoms with Crippen LogP contribution in [-0.4, -0.2) is 12.1 Å². The summed E-state index contributed by atoms with van der Waals surface area (Å²) in [4.78, 5) is 3.39. The molecule has 0 amide bonds. The molecule has 0 N–H and O–H groups in total. The lowest BCUT2D eigenvalue weighted by molar-refractivity contribution is -0.141. The number of alkyl halides is 3. The number of aryl methyl sites for hydroxylation is 1. The molecule has 0 bridgehead atoms. The van der Waals surface area contributed by atoms with Crippen LogP contribution in [0.4, 0.5) is 13.2 Å². The fraction of sp³-hybridized carbons (Fsp3) is 0.545. The lowest BCUT2D eigenvalue weighted by atomic mass is 10.2. The predicted molar refractivity (Wildman–Crippen MR) is 56.5 cm³/mol. The Bertz CT molecular complexity index is 323. The highest BCUT2D eigenvalue weighted by Crippen LogP contribution is 2.30. The molecule has 1 heterocycles. The topological polar surface area (TPSA) is 22.1 Å². The minimum absolute atomic E-state index is 0.0438. The molecule has 0 aliphatic heterocycles. The van der Waals surface area contributed by atoms with E-state index in [-0.39, 0.29) is 5.88 Å². The molecule has 0 atom stereocenters. The van der Waals surface area contributed by atoms with Crippen molar-refractivity contribution in [2.75, 3.05) is 7.11 Å². The second-order valence-electron chi connectivity index (χ2n) is 2.72. The number of aromatic nitrogens is 1. The lowest BCUT2D eigenvalue weighted by Crippen LogP contribution is -2.09. The summed E-state index contributed by atoms with van der Waals surface area (Å²) in [5.41, 5.74) is -0.257. The molecule has 0 aliphatic carbocycles. The Balaban J connectivity index is 0.00000106. The molecule has 0 unspecified atom stereocenters. The molecule has 5 heteroatoms. The quantitative estimate of drug-likeness (QED) is 0.779. The van der Waals surface area contributed by atoms with Crippen LogP contribution in [0.5, 0.6) is 5.88 Å². The minimum Gasteiger partial charge on any atom is -0.481 e. The maximum absolute atomic E-state index is 12.2. The highest BCUT2D eigenvalue weighted by molar-refractivity contribution is 5.29. The number of rotatable bonds is 2. The zero-order valence-corrected chi connectivity index (χ0v) is 9.85. The summed E-state index contributed by atoms with van der Waals surface area (Å²) in [5, 5.41) is 0. The van der Waals surface area contributed by atoms with Gasteiger partial charge in [-0.15, -0.1) is 0 Å². The van der Waals surface area contributed by atoms with Gasteiger partial charge in [0.05, 0.1) is 7.11 Å². The number of pyridine rings is 1. The average molecular weight is 235 g/mol. The van der Waals surface area contributed by atoms with Gasteiger partial charge in [0.25, 0.3) is 0 Å². The third-order valence-corrected chi connectivity index (χ3v) is 1.80. The Morgan fingerprint density at radius 3 is 2.19 bits per heavy atom. The van der Waals surface area contributed by atoms with Gasteiger partial charge in [0.2, 0.25) is 5.88 Å². The number of methoxy groups -OCH3 is 1. The Labute approximate surface area is 93.5 Å². The van der Waals surface area contributed by atoms with Crippen molar-refractivity contribution in [1.29, 1.82) is 0 Å². The van der Waals surface area contributed by atoms with E-state index < -0.39 is 11.9 Å². The first-order chi connectivity index (χ1) is 7.49. The van der Waals surface area contributed by atoms with E-state index in [4.69, 9.17) is 4.74 Å². The zero-order valence-electron chi connectivity index (χ0n) is 9.85. The number of ether oxygens (including phenoxy) is 1. The fourth-order valence-corrected chi connectivity index (χ4v) is 1.07. The first-order valence-electron chi connectivity index (χ1n) is 5.10. The van der Waals surface area contributed by atoms with E-state index in [1.54, 1.807) is 0 Å². The van der Waals surface area contributed by atoms with Gasteiger partial charge in [-0.2, -0.15) is 13.2 Å². The van der Waals surface area contributed by atoms with Crippen molar-refractivity contribution in [3.05, 3.63) is 23.4 Å². The Hall–Kier alpha value is -1.26. The van der Waals surface area contributed by atoms with Crippen LogP contribution in [0, 0.1) is 0 Å². The van der Waals surface area contributed by atoms with Crippen molar-refractivity contribution < 1.29 is 17.9 Å². The summed E-state index contributed by atoms with van der Waals surface area (Å²) in [6.45, 7) is 5.83. The molecule has 0 fully saturated rings. The van der Waals surface area contributed by atoms with E-state index in [0.717, 1.165) is 6.07 Å². The van der Waals surface area contributed by atoms with Gasteiger partial charge in [-0.25, -0.2) is 4.98 Å². The van der Waals surface area contributed by atoms with Gasteiger partial charge in [-0.1, -0.05) is 26.8 Å². The maximum atomic E-state index is 12.2. The number of nitrogens with zero attached hydrogens (tertiary/aromatic N) is 1. The van der Waals surface area contributed by atoms with Crippen molar-refractivity contribution in [2.24, 2.45) is 0 Å². The van der Waals surface area contributed by atoms with Crippen LogP contribution in [0.25, 0.3) is 0 Å². The number of hydrogen-bond acceptors (Lipinski definition) is 2. The lowest BCUT2D eigenvalue weighted by Gasteiger charge is -2.09. The molecule has 1 aromatic heterocycles. The van der Waals surface area contributed by atoms with Gasteiger partial charge in [0.1, 0.15) is 5.69 Å². The maximum Gasteiger partial charge on any atom is 0.433 e. The molecule has 16 heavy (non-hydrogen) atoms. The standard InChI is InChI=1S/C9H10F3NO.C2H6/c1-3-6-4-5-7(9(10,11)12)13-8(6)14-2;1-2/h4-5H,3H2,1-2H3;1-2H3. The molecule has 0 aromatic carbocycles. The molecule has 0 aliphatic rings. The van der Waals surface area contributed by atoms with Crippen LogP contribution in [0.2, 0.25) is 0 Å². The zero-order chi connectivity index (χ0) is 12.8. The van der Waals surface area contributed by atoms with Crippen LogP contribution in [0.15, 0.2) is 12.1 Å². The van der Waals surface area contributed by atoms with Crippen molar-refractivity contribution in [1.82, 2.24) is 4.98 Å². The molecule has 92 valence electrons. The fourth-order valence-electron chi connectivity index (χ4n) is 1.07. The molecule has 1 aromatic rings. The van der Waals surface area contributed by atoms with E-state index >= 15 is 0 Å². The molecular weight excluding hydrogens is 219 g/mol. The predicted octanol–water partition coefficient (Wildman–Crippen LogP) is 3.70. The Morgan fingerprint density at radius 2 is 1.81 bits per heavy atom. The van der Waals surface area contributed by atoms with E-state index in [1.165, 1.54) is 13.2 Å².